The molecule has 0 bridgehead atoms. The van der Waals surface area contributed by atoms with Crippen LogP contribution in [0.3, 0.4) is 0 Å². The number of nitrogens with one attached hydrogen (secondary N) is 1. The molecule has 0 aromatic carbocycles. The van der Waals surface area contributed by atoms with Gasteiger partial charge >= 0.3 is 5.97 Å². The number of nitrogens with zero attached hydrogens (tertiary/aromatic N) is 1. The quantitative estimate of drug-likeness (QED) is 0.866. The van der Waals surface area contributed by atoms with Crippen LogP contribution in [0.25, 0.3) is 10.8 Å². The molecule has 1 fully saturated rings. The largest absolute Gasteiger partial charge is 0.481 e. The van der Waals surface area contributed by atoms with Crippen molar-refractivity contribution >= 4 is 23.2 Å². The van der Waals surface area contributed by atoms with Crippen molar-refractivity contribution in [2.24, 2.45) is 5.41 Å². The number of carbonyl (C=O) groups excluding carboxylic acids is 1. The first-order valence-electron chi connectivity index (χ1n) is 7.20. The van der Waals surface area contributed by atoms with Gasteiger partial charge in [-0.2, -0.15) is 0 Å². The van der Waals surface area contributed by atoms with E-state index >= 15 is 0 Å². The summed E-state index contributed by atoms with van der Waals surface area (Å²) in [5.41, 5.74) is -0.956. The number of hydrogen-bond donors (Lipinski definition) is 2. The Balaban J connectivity index is 1.66. The third-order valence-corrected chi connectivity index (χ3v) is 4.96. The highest BCUT2D eigenvalue weighted by molar-refractivity contribution is 7.16. The van der Waals surface area contributed by atoms with E-state index in [1.807, 2.05) is 0 Å². The number of furan rings is 1. The van der Waals surface area contributed by atoms with Gasteiger partial charge in [-0.25, -0.2) is 4.98 Å². The maximum absolute atomic E-state index is 12.2. The van der Waals surface area contributed by atoms with E-state index in [1.165, 1.54) is 23.8 Å². The van der Waals surface area contributed by atoms with Gasteiger partial charge in [0.25, 0.3) is 5.91 Å². The average molecular weight is 336 g/mol. The molecule has 1 saturated heterocycles. The molecule has 3 heterocycles. The van der Waals surface area contributed by atoms with Gasteiger partial charge in [0.15, 0.2) is 10.8 Å². The van der Waals surface area contributed by atoms with Crippen LogP contribution in [0.2, 0.25) is 0 Å². The van der Waals surface area contributed by atoms with Gasteiger partial charge in [0.05, 0.1) is 17.9 Å². The number of hydrogen-bond acceptors (Lipinski definition) is 6. The summed E-state index contributed by atoms with van der Waals surface area (Å²) in [6.45, 7) is 0.870. The monoisotopic (exact) mass is 336 g/mol. The first kappa shape index (κ1) is 15.7. The van der Waals surface area contributed by atoms with E-state index < -0.39 is 11.4 Å². The zero-order chi connectivity index (χ0) is 16.3. The summed E-state index contributed by atoms with van der Waals surface area (Å²) in [6.07, 6.45) is 3.79. The van der Waals surface area contributed by atoms with Gasteiger partial charge in [-0.15, -0.1) is 11.3 Å². The van der Waals surface area contributed by atoms with E-state index in [4.69, 9.17) is 9.15 Å². The van der Waals surface area contributed by atoms with Crippen LogP contribution < -0.4 is 5.32 Å². The Morgan fingerprint density at radius 2 is 2.17 bits per heavy atom. The molecular formula is C15H16N2O5S. The highest BCUT2D eigenvalue weighted by atomic mass is 32.1. The molecular weight excluding hydrogens is 320 g/mol. The van der Waals surface area contributed by atoms with Crippen LogP contribution in [0, 0.1) is 5.41 Å². The Hall–Kier alpha value is -2.19. The molecule has 23 heavy (non-hydrogen) atoms. The van der Waals surface area contributed by atoms with Crippen molar-refractivity contribution in [2.45, 2.75) is 12.8 Å². The van der Waals surface area contributed by atoms with Crippen LogP contribution in [0.1, 0.15) is 22.5 Å². The lowest BCUT2D eigenvalue weighted by Crippen LogP contribution is -2.46. The molecule has 1 aliphatic rings. The van der Waals surface area contributed by atoms with Crippen LogP contribution in [0.15, 0.2) is 29.0 Å². The normalized spacial score (nSPS) is 16.9. The third kappa shape index (κ3) is 3.27. The van der Waals surface area contributed by atoms with Gasteiger partial charge in [-0.1, -0.05) is 0 Å². The lowest BCUT2D eigenvalue weighted by molar-refractivity contribution is -0.154. The molecule has 8 heteroatoms. The molecule has 0 spiro atoms. The summed E-state index contributed by atoms with van der Waals surface area (Å²) in [5.74, 6) is -0.630. The highest BCUT2D eigenvalue weighted by Gasteiger charge is 2.40. The van der Waals surface area contributed by atoms with Crippen molar-refractivity contribution in [1.29, 1.82) is 0 Å². The minimum absolute atomic E-state index is 0.0819. The summed E-state index contributed by atoms with van der Waals surface area (Å²) >= 11 is 1.20. The molecule has 2 aromatic heterocycles. The van der Waals surface area contributed by atoms with Crippen LogP contribution in [0.5, 0.6) is 0 Å². The van der Waals surface area contributed by atoms with Crippen LogP contribution in [0.4, 0.5) is 0 Å². The summed E-state index contributed by atoms with van der Waals surface area (Å²) in [4.78, 5) is 28.4. The van der Waals surface area contributed by atoms with E-state index in [-0.39, 0.29) is 12.5 Å². The first-order valence-corrected chi connectivity index (χ1v) is 8.01. The van der Waals surface area contributed by atoms with Gasteiger partial charge < -0.3 is 19.6 Å². The van der Waals surface area contributed by atoms with Crippen molar-refractivity contribution in [3.63, 3.8) is 0 Å². The second kappa shape index (κ2) is 6.51. The summed E-state index contributed by atoms with van der Waals surface area (Å²) in [6, 6.07) is 3.51. The third-order valence-electron chi connectivity index (χ3n) is 3.95. The fourth-order valence-corrected chi connectivity index (χ4v) is 3.26. The van der Waals surface area contributed by atoms with Crippen molar-refractivity contribution < 1.29 is 23.8 Å². The minimum Gasteiger partial charge on any atom is -0.481 e. The zero-order valence-electron chi connectivity index (χ0n) is 12.3. The Morgan fingerprint density at radius 3 is 2.83 bits per heavy atom. The number of carboxylic acid groups (broad SMARTS) is 1. The molecule has 122 valence electrons. The summed E-state index contributed by atoms with van der Waals surface area (Å²) in [7, 11) is 0. The van der Waals surface area contributed by atoms with Crippen LogP contribution in [-0.2, 0) is 9.53 Å². The van der Waals surface area contributed by atoms with E-state index in [0.717, 1.165) is 0 Å². The minimum atomic E-state index is -0.956. The molecule has 1 amide bonds. The predicted molar refractivity (Wildman–Crippen MR) is 82.3 cm³/mol. The topological polar surface area (TPSA) is 102 Å². The molecule has 0 aliphatic carbocycles. The Bertz CT molecular complexity index is 689. The zero-order valence-corrected chi connectivity index (χ0v) is 13.1. The van der Waals surface area contributed by atoms with Gasteiger partial charge in [-0.05, 0) is 25.0 Å². The molecule has 2 aromatic rings. The number of carboxylic acids is 1. The Kier molecular flexibility index (Phi) is 4.44. The molecule has 3 rings (SSSR count). The fourth-order valence-electron chi connectivity index (χ4n) is 2.46. The number of carbonyl (C=O) groups is 2. The van der Waals surface area contributed by atoms with Gasteiger partial charge in [0.2, 0.25) is 0 Å². The van der Waals surface area contributed by atoms with Crippen LogP contribution in [-0.4, -0.2) is 41.7 Å². The van der Waals surface area contributed by atoms with E-state index in [1.54, 1.807) is 12.1 Å². The number of rotatable bonds is 5. The second-order valence-corrected chi connectivity index (χ2v) is 6.42. The Labute approximate surface area is 136 Å². The van der Waals surface area contributed by atoms with Crippen molar-refractivity contribution in [3.8, 4) is 10.8 Å². The standard InChI is InChI=1S/C15H16N2O5S/c18-12(11-8-16-13(23-11)10-2-1-5-22-10)17-9-15(14(19)20)3-6-21-7-4-15/h1-2,5,8H,3-4,6-7,9H2,(H,17,18)(H,19,20). The SMILES string of the molecule is O=C(NCC1(C(=O)O)CCOCC1)c1cnc(-c2ccco2)s1. The van der Waals surface area contributed by atoms with E-state index in [9.17, 15) is 14.7 Å². The van der Waals surface area contributed by atoms with Gasteiger partial charge in [0, 0.05) is 19.8 Å². The van der Waals surface area contributed by atoms with E-state index in [0.29, 0.717) is 41.7 Å². The molecule has 0 unspecified atom stereocenters. The Morgan fingerprint density at radius 1 is 1.39 bits per heavy atom. The maximum Gasteiger partial charge on any atom is 0.311 e. The van der Waals surface area contributed by atoms with E-state index in [2.05, 4.69) is 10.3 Å². The first-order chi connectivity index (χ1) is 11.1. The predicted octanol–water partition coefficient (Wildman–Crippen LogP) is 2.01. The molecule has 1 aliphatic heterocycles. The molecule has 2 N–H and O–H groups in total. The lowest BCUT2D eigenvalue weighted by Gasteiger charge is -2.33. The number of aromatic nitrogens is 1. The van der Waals surface area contributed by atoms with Crippen molar-refractivity contribution in [1.82, 2.24) is 10.3 Å². The molecule has 0 saturated carbocycles. The maximum atomic E-state index is 12.2. The second-order valence-electron chi connectivity index (χ2n) is 5.39. The fraction of sp³-hybridized carbons (Fsp3) is 0.400. The molecule has 0 atom stereocenters. The number of ether oxygens (including phenoxy) is 1. The van der Waals surface area contributed by atoms with Crippen molar-refractivity contribution in [3.05, 3.63) is 29.5 Å². The number of amides is 1. The average Bonchev–Trinajstić information content (AvgIpc) is 3.24. The van der Waals surface area contributed by atoms with Crippen molar-refractivity contribution in [2.75, 3.05) is 19.8 Å². The summed E-state index contributed by atoms with van der Waals surface area (Å²) < 4.78 is 10.5. The van der Waals surface area contributed by atoms with Gasteiger partial charge in [0.1, 0.15) is 4.88 Å². The van der Waals surface area contributed by atoms with Crippen LogP contribution >= 0.6 is 11.3 Å². The smallest absolute Gasteiger partial charge is 0.311 e. The number of aliphatic carboxylic acids is 1. The lowest BCUT2D eigenvalue weighted by atomic mass is 9.80. The molecule has 0 radical (unpaired) electrons. The highest BCUT2D eigenvalue weighted by Crippen LogP contribution is 2.30. The molecule has 7 nitrogen and oxygen atoms in total. The van der Waals surface area contributed by atoms with Gasteiger partial charge in [-0.3, -0.25) is 9.59 Å². The number of thiazole rings is 1. The summed E-state index contributed by atoms with van der Waals surface area (Å²) in [5, 5.41) is 12.8.